The lowest BCUT2D eigenvalue weighted by molar-refractivity contribution is 0.310. The average Bonchev–Trinajstić information content (AvgIpc) is 2.63. The van der Waals surface area contributed by atoms with Gasteiger partial charge in [-0.05, 0) is 29.1 Å². The van der Waals surface area contributed by atoms with Crippen molar-refractivity contribution in [3.05, 3.63) is 72.3 Å². The van der Waals surface area contributed by atoms with E-state index in [2.05, 4.69) is 18.2 Å². The number of anilines is 1. The number of nitrogen functional groups attached to an aromatic ring is 1. The molecule has 0 heterocycles. The summed E-state index contributed by atoms with van der Waals surface area (Å²) in [7, 11) is 0. The molecule has 0 unspecified atom stereocenters. The number of fused-ring (bicyclic) bond motifs is 1. The Balaban J connectivity index is 0.000000615. The van der Waals surface area contributed by atoms with Gasteiger partial charge in [0.25, 0.3) is 0 Å². The van der Waals surface area contributed by atoms with Crippen LogP contribution >= 0.6 is 0 Å². The first kappa shape index (κ1) is 18.6. The molecule has 0 atom stereocenters. The SMILES string of the molecule is CC.CC.Nc1cccc(COc2cccc3ccccc23)c1. The lowest BCUT2D eigenvalue weighted by atomic mass is 10.1. The van der Waals surface area contributed by atoms with Crippen LogP contribution in [0.3, 0.4) is 0 Å². The Morgan fingerprint density at radius 3 is 2.17 bits per heavy atom. The summed E-state index contributed by atoms with van der Waals surface area (Å²) in [5, 5.41) is 2.32. The maximum Gasteiger partial charge on any atom is 0.127 e. The largest absolute Gasteiger partial charge is 0.488 e. The normalized spacial score (nSPS) is 9.22. The highest BCUT2D eigenvalue weighted by Crippen LogP contribution is 2.26. The van der Waals surface area contributed by atoms with Crippen molar-refractivity contribution in [2.75, 3.05) is 5.73 Å². The number of hydrogen-bond acceptors (Lipinski definition) is 2. The maximum atomic E-state index is 5.90. The summed E-state index contributed by atoms with van der Waals surface area (Å²) in [5.74, 6) is 0.903. The van der Waals surface area contributed by atoms with E-state index in [9.17, 15) is 0 Å². The van der Waals surface area contributed by atoms with Crippen molar-refractivity contribution in [1.82, 2.24) is 0 Å². The predicted molar refractivity (Wildman–Crippen MR) is 102 cm³/mol. The van der Waals surface area contributed by atoms with Crippen LogP contribution in [-0.2, 0) is 6.61 Å². The summed E-state index contributed by atoms with van der Waals surface area (Å²) in [6.07, 6.45) is 0. The van der Waals surface area contributed by atoms with Gasteiger partial charge in [-0.2, -0.15) is 0 Å². The number of rotatable bonds is 3. The highest BCUT2D eigenvalue weighted by atomic mass is 16.5. The summed E-state index contributed by atoms with van der Waals surface area (Å²) in [4.78, 5) is 0. The van der Waals surface area contributed by atoms with Crippen molar-refractivity contribution in [2.45, 2.75) is 34.3 Å². The molecule has 0 saturated heterocycles. The number of ether oxygens (including phenoxy) is 1. The van der Waals surface area contributed by atoms with Crippen molar-refractivity contribution >= 4 is 16.5 Å². The molecule has 122 valence electrons. The second kappa shape index (κ2) is 10.3. The molecule has 2 nitrogen and oxygen atoms in total. The molecule has 0 aromatic heterocycles. The van der Waals surface area contributed by atoms with Gasteiger partial charge < -0.3 is 10.5 Å². The minimum atomic E-state index is 0.527. The van der Waals surface area contributed by atoms with Crippen LogP contribution in [0.4, 0.5) is 5.69 Å². The smallest absolute Gasteiger partial charge is 0.127 e. The fraction of sp³-hybridized carbons (Fsp3) is 0.238. The highest BCUT2D eigenvalue weighted by Gasteiger charge is 2.01. The first-order valence-electron chi connectivity index (χ1n) is 8.28. The summed E-state index contributed by atoms with van der Waals surface area (Å²) in [6, 6.07) is 22.1. The van der Waals surface area contributed by atoms with Gasteiger partial charge >= 0.3 is 0 Å². The molecule has 0 aliphatic rings. The van der Waals surface area contributed by atoms with Crippen molar-refractivity contribution < 1.29 is 4.74 Å². The lowest BCUT2D eigenvalue weighted by Crippen LogP contribution is -1.97. The van der Waals surface area contributed by atoms with Gasteiger partial charge in [0.2, 0.25) is 0 Å². The molecule has 0 aliphatic heterocycles. The predicted octanol–water partition coefficient (Wildman–Crippen LogP) is 6.05. The molecule has 0 radical (unpaired) electrons. The molecule has 0 amide bonds. The van der Waals surface area contributed by atoms with E-state index in [4.69, 9.17) is 10.5 Å². The van der Waals surface area contributed by atoms with Crippen molar-refractivity contribution in [1.29, 1.82) is 0 Å². The fourth-order valence-corrected chi connectivity index (χ4v) is 2.17. The molecule has 0 fully saturated rings. The van der Waals surface area contributed by atoms with E-state index >= 15 is 0 Å². The van der Waals surface area contributed by atoms with Gasteiger partial charge in [0.15, 0.2) is 0 Å². The van der Waals surface area contributed by atoms with E-state index < -0.39 is 0 Å². The van der Waals surface area contributed by atoms with E-state index in [0.29, 0.717) is 6.61 Å². The van der Waals surface area contributed by atoms with Crippen LogP contribution in [-0.4, -0.2) is 0 Å². The highest BCUT2D eigenvalue weighted by molar-refractivity contribution is 5.88. The van der Waals surface area contributed by atoms with Crippen molar-refractivity contribution in [3.63, 3.8) is 0 Å². The third-order valence-corrected chi connectivity index (χ3v) is 3.10. The average molecular weight is 309 g/mol. The topological polar surface area (TPSA) is 35.2 Å². The van der Waals surface area contributed by atoms with Gasteiger partial charge in [0.1, 0.15) is 12.4 Å². The van der Waals surface area contributed by atoms with Crippen LogP contribution in [0.5, 0.6) is 5.75 Å². The first-order valence-corrected chi connectivity index (χ1v) is 8.28. The van der Waals surface area contributed by atoms with E-state index in [1.165, 1.54) is 5.39 Å². The Morgan fingerprint density at radius 2 is 1.43 bits per heavy atom. The van der Waals surface area contributed by atoms with Crippen LogP contribution in [0.25, 0.3) is 10.8 Å². The van der Waals surface area contributed by atoms with Crippen LogP contribution < -0.4 is 10.5 Å². The summed E-state index contributed by atoms with van der Waals surface area (Å²) >= 11 is 0. The van der Waals surface area contributed by atoms with Crippen LogP contribution in [0.1, 0.15) is 33.3 Å². The fourth-order valence-electron chi connectivity index (χ4n) is 2.17. The second-order valence-electron chi connectivity index (χ2n) is 4.51. The molecule has 0 saturated carbocycles. The molecular weight excluding hydrogens is 282 g/mol. The molecule has 0 aliphatic carbocycles. The molecule has 2 heteroatoms. The maximum absolute atomic E-state index is 5.90. The summed E-state index contributed by atoms with van der Waals surface area (Å²) in [6.45, 7) is 8.53. The van der Waals surface area contributed by atoms with Crippen LogP contribution in [0.15, 0.2) is 66.7 Å². The molecule has 0 bridgehead atoms. The molecular formula is C21H27NO. The van der Waals surface area contributed by atoms with Gasteiger partial charge in [-0.25, -0.2) is 0 Å². The first-order chi connectivity index (χ1) is 11.3. The standard InChI is InChI=1S/C17H15NO.2C2H6/c18-15-8-3-5-13(11-15)12-19-17-10-4-7-14-6-1-2-9-16(14)17;2*1-2/h1-11H,12,18H2;2*1-2H3. The third-order valence-electron chi connectivity index (χ3n) is 3.10. The Morgan fingerprint density at radius 1 is 0.783 bits per heavy atom. The third kappa shape index (κ3) is 5.33. The van der Waals surface area contributed by atoms with E-state index in [0.717, 1.165) is 22.4 Å². The van der Waals surface area contributed by atoms with E-state index in [-0.39, 0.29) is 0 Å². The minimum absolute atomic E-state index is 0.527. The molecule has 3 aromatic carbocycles. The molecule has 3 rings (SSSR count). The Labute approximate surface area is 139 Å². The van der Waals surface area contributed by atoms with Crippen molar-refractivity contribution in [3.8, 4) is 5.75 Å². The van der Waals surface area contributed by atoms with Gasteiger partial charge in [0.05, 0.1) is 0 Å². The molecule has 23 heavy (non-hydrogen) atoms. The lowest BCUT2D eigenvalue weighted by Gasteiger charge is -2.09. The van der Waals surface area contributed by atoms with Gasteiger partial charge in [-0.15, -0.1) is 0 Å². The number of benzene rings is 3. The Bertz CT molecular complexity index is 702. The molecule has 3 aromatic rings. The molecule has 0 spiro atoms. The zero-order valence-electron chi connectivity index (χ0n) is 14.5. The van der Waals surface area contributed by atoms with Gasteiger partial charge in [0, 0.05) is 11.1 Å². The van der Waals surface area contributed by atoms with Crippen LogP contribution in [0.2, 0.25) is 0 Å². The van der Waals surface area contributed by atoms with E-state index in [1.807, 2.05) is 76.2 Å². The summed E-state index contributed by atoms with van der Waals surface area (Å²) in [5.41, 5.74) is 7.60. The number of hydrogen-bond donors (Lipinski definition) is 1. The summed E-state index contributed by atoms with van der Waals surface area (Å²) < 4.78 is 5.90. The van der Waals surface area contributed by atoms with Crippen LogP contribution in [0, 0.1) is 0 Å². The molecule has 2 N–H and O–H groups in total. The van der Waals surface area contributed by atoms with E-state index in [1.54, 1.807) is 0 Å². The van der Waals surface area contributed by atoms with Gasteiger partial charge in [-0.1, -0.05) is 76.2 Å². The zero-order chi connectivity index (χ0) is 17.1. The van der Waals surface area contributed by atoms with Crippen molar-refractivity contribution in [2.24, 2.45) is 0 Å². The number of nitrogens with two attached hydrogens (primary N) is 1. The Kier molecular flexibility index (Phi) is 8.30. The minimum Gasteiger partial charge on any atom is -0.488 e. The van der Waals surface area contributed by atoms with Gasteiger partial charge in [-0.3, -0.25) is 0 Å². The Hall–Kier alpha value is -2.48. The quantitative estimate of drug-likeness (QED) is 0.597. The monoisotopic (exact) mass is 309 g/mol. The second-order valence-corrected chi connectivity index (χ2v) is 4.51. The zero-order valence-corrected chi connectivity index (χ0v) is 14.5.